The molecule has 0 radical (unpaired) electrons. The van der Waals surface area contributed by atoms with Crippen LogP contribution in [-0.4, -0.2) is 30.3 Å². The van der Waals surface area contributed by atoms with Crippen molar-refractivity contribution in [2.45, 2.75) is 58.8 Å². The number of carbonyl (C=O) groups is 2. The molecule has 0 N–H and O–H groups in total. The lowest BCUT2D eigenvalue weighted by atomic mass is 10.0. The first-order chi connectivity index (χ1) is 13.5. The Morgan fingerprint density at radius 2 is 1.86 bits per heavy atom. The molecule has 152 valence electrons. The zero-order chi connectivity index (χ0) is 20.4. The van der Waals surface area contributed by atoms with E-state index in [4.69, 9.17) is 9.47 Å². The highest BCUT2D eigenvalue weighted by atomic mass is 32.1. The fraction of sp³-hybridized carbons (Fsp3) is 0.500. The van der Waals surface area contributed by atoms with Gasteiger partial charge < -0.3 is 9.47 Å². The third kappa shape index (κ3) is 6.75. The quantitative estimate of drug-likeness (QED) is 0.325. The van der Waals surface area contributed by atoms with Gasteiger partial charge in [-0.3, -0.25) is 9.59 Å². The molecule has 0 aliphatic carbocycles. The van der Waals surface area contributed by atoms with E-state index in [0.717, 1.165) is 24.2 Å². The minimum absolute atomic E-state index is 0.104. The number of ether oxygens (including phenoxy) is 2. The Morgan fingerprint density at radius 1 is 1.11 bits per heavy atom. The maximum Gasteiger partial charge on any atom is 0.228 e. The number of carbonyl (C=O) groups excluding carboxylic acids is 2. The van der Waals surface area contributed by atoms with E-state index in [9.17, 15) is 9.59 Å². The largest absolute Gasteiger partial charge is 0.496 e. The van der Waals surface area contributed by atoms with Crippen LogP contribution in [-0.2, 0) is 6.42 Å². The first-order valence-electron chi connectivity index (χ1n) is 9.84. The van der Waals surface area contributed by atoms with E-state index < -0.39 is 0 Å². The van der Waals surface area contributed by atoms with E-state index in [-0.39, 0.29) is 18.2 Å². The molecule has 0 saturated carbocycles. The number of thiazole rings is 1. The summed E-state index contributed by atoms with van der Waals surface area (Å²) < 4.78 is 11.1. The van der Waals surface area contributed by atoms with Gasteiger partial charge in [0.05, 0.1) is 7.11 Å². The number of rotatable bonds is 13. The second kappa shape index (κ2) is 11.6. The molecule has 6 heteroatoms. The van der Waals surface area contributed by atoms with Crippen LogP contribution in [0.5, 0.6) is 11.5 Å². The summed E-state index contributed by atoms with van der Waals surface area (Å²) in [7, 11) is 1.67. The Bertz CT molecular complexity index is 785. The van der Waals surface area contributed by atoms with Gasteiger partial charge in [-0.15, -0.1) is 11.3 Å². The van der Waals surface area contributed by atoms with Crippen LogP contribution in [0.25, 0.3) is 0 Å². The van der Waals surface area contributed by atoms with E-state index in [1.54, 1.807) is 18.6 Å². The number of benzene rings is 1. The average molecular weight is 404 g/mol. The van der Waals surface area contributed by atoms with Crippen molar-refractivity contribution in [1.82, 2.24) is 4.98 Å². The molecule has 0 spiro atoms. The fourth-order valence-corrected chi connectivity index (χ4v) is 3.69. The highest BCUT2D eigenvalue weighted by molar-refractivity contribution is 7.12. The number of methoxy groups -OCH3 is 1. The van der Waals surface area contributed by atoms with Gasteiger partial charge in [0.25, 0.3) is 0 Å². The lowest BCUT2D eigenvalue weighted by molar-refractivity contribution is 0.0921. The van der Waals surface area contributed by atoms with E-state index in [1.807, 2.05) is 12.1 Å². The topological polar surface area (TPSA) is 65.5 Å². The summed E-state index contributed by atoms with van der Waals surface area (Å²) >= 11 is 1.17. The van der Waals surface area contributed by atoms with Crippen LogP contribution in [0.15, 0.2) is 23.6 Å². The van der Waals surface area contributed by atoms with Crippen molar-refractivity contribution in [2.75, 3.05) is 13.7 Å². The van der Waals surface area contributed by atoms with Crippen molar-refractivity contribution >= 4 is 22.9 Å². The third-order valence-corrected chi connectivity index (χ3v) is 5.41. The molecule has 0 fully saturated rings. The molecule has 0 aliphatic rings. The summed E-state index contributed by atoms with van der Waals surface area (Å²) in [5, 5.41) is 1.90. The lowest BCUT2D eigenvalue weighted by Gasteiger charge is -2.11. The molecule has 2 aromatic rings. The zero-order valence-electron chi connectivity index (χ0n) is 17.0. The smallest absolute Gasteiger partial charge is 0.228 e. The molecule has 1 aromatic carbocycles. The molecule has 0 amide bonds. The van der Waals surface area contributed by atoms with Crippen LogP contribution in [0.4, 0.5) is 0 Å². The molecule has 0 aliphatic heterocycles. The van der Waals surface area contributed by atoms with Crippen LogP contribution < -0.4 is 9.47 Å². The van der Waals surface area contributed by atoms with Gasteiger partial charge in [0, 0.05) is 12.3 Å². The first-order valence-corrected chi connectivity index (χ1v) is 10.7. The number of hydrogen-bond acceptors (Lipinski definition) is 6. The monoisotopic (exact) mass is 403 g/mol. The van der Waals surface area contributed by atoms with Gasteiger partial charge in [-0.25, -0.2) is 4.98 Å². The summed E-state index contributed by atoms with van der Waals surface area (Å²) in [4.78, 5) is 27.6. The van der Waals surface area contributed by atoms with Crippen molar-refractivity contribution in [1.29, 1.82) is 0 Å². The van der Waals surface area contributed by atoms with Gasteiger partial charge in [-0.1, -0.05) is 39.0 Å². The molecule has 5 nitrogen and oxygen atoms in total. The molecule has 0 atom stereocenters. The van der Waals surface area contributed by atoms with Gasteiger partial charge in [0.15, 0.2) is 17.4 Å². The van der Waals surface area contributed by atoms with Crippen molar-refractivity contribution in [3.63, 3.8) is 0 Å². The van der Waals surface area contributed by atoms with E-state index in [0.29, 0.717) is 16.5 Å². The fourth-order valence-electron chi connectivity index (χ4n) is 2.91. The summed E-state index contributed by atoms with van der Waals surface area (Å²) in [5.41, 5.74) is 1.41. The Hall–Kier alpha value is -2.21. The van der Waals surface area contributed by atoms with Crippen LogP contribution >= 0.6 is 11.3 Å². The highest BCUT2D eigenvalue weighted by Crippen LogP contribution is 2.26. The predicted molar refractivity (Wildman–Crippen MR) is 112 cm³/mol. The zero-order valence-corrected chi connectivity index (χ0v) is 17.8. The molecule has 2 rings (SSSR count). The van der Waals surface area contributed by atoms with Gasteiger partial charge in [-0.2, -0.15) is 0 Å². The predicted octanol–water partition coefficient (Wildman–Crippen LogP) is 5.52. The molecule has 0 bridgehead atoms. The maximum absolute atomic E-state index is 12.2. The molecule has 1 aromatic heterocycles. The minimum Gasteiger partial charge on any atom is -0.496 e. The van der Waals surface area contributed by atoms with Crippen molar-refractivity contribution in [3.05, 3.63) is 39.8 Å². The number of Topliss-reactive ketones (excluding diaryl/α,β-unsaturated/α-hetero) is 2. The van der Waals surface area contributed by atoms with E-state index in [2.05, 4.69) is 11.9 Å². The Morgan fingerprint density at radius 3 is 2.54 bits per heavy atom. The average Bonchev–Trinajstić information content (AvgIpc) is 3.19. The Balaban J connectivity index is 1.90. The van der Waals surface area contributed by atoms with E-state index in [1.165, 1.54) is 50.4 Å². The van der Waals surface area contributed by atoms with Crippen molar-refractivity contribution < 1.29 is 19.1 Å². The second-order valence-corrected chi connectivity index (χ2v) is 7.66. The molecular formula is C22H29NO4S. The Labute approximate surface area is 171 Å². The van der Waals surface area contributed by atoms with Gasteiger partial charge >= 0.3 is 0 Å². The highest BCUT2D eigenvalue weighted by Gasteiger charge is 2.14. The summed E-state index contributed by atoms with van der Waals surface area (Å²) in [6.45, 7) is 3.55. The molecule has 1 heterocycles. The summed E-state index contributed by atoms with van der Waals surface area (Å²) in [5.74, 6) is 1.10. The molecule has 0 unspecified atom stereocenters. The van der Waals surface area contributed by atoms with Crippen molar-refractivity contribution in [2.24, 2.45) is 0 Å². The number of nitrogens with zero attached hydrogens (tertiary/aromatic N) is 1. The van der Waals surface area contributed by atoms with Crippen molar-refractivity contribution in [3.8, 4) is 11.5 Å². The van der Waals surface area contributed by atoms with Gasteiger partial charge in [-0.05, 0) is 36.6 Å². The number of unbranched alkanes of at least 4 members (excludes halogenated alkanes) is 5. The van der Waals surface area contributed by atoms with Gasteiger partial charge in [0.1, 0.15) is 17.2 Å². The number of aromatic nitrogens is 1. The van der Waals surface area contributed by atoms with E-state index >= 15 is 0 Å². The minimum atomic E-state index is -0.231. The van der Waals surface area contributed by atoms with Gasteiger partial charge in [0.2, 0.25) is 5.78 Å². The molecule has 0 saturated heterocycles. The van der Waals surface area contributed by atoms with Crippen LogP contribution in [0.3, 0.4) is 0 Å². The lowest BCUT2D eigenvalue weighted by Crippen LogP contribution is -2.12. The SMILES string of the molecule is CCCCCCCCc1cc(OCC(=O)c2nc(C(C)=O)cs2)ccc1OC. The third-order valence-electron chi connectivity index (χ3n) is 4.52. The van der Waals surface area contributed by atoms with Crippen LogP contribution in [0.2, 0.25) is 0 Å². The van der Waals surface area contributed by atoms with Crippen LogP contribution in [0, 0.1) is 0 Å². The number of ketones is 2. The first kappa shape index (κ1) is 22.1. The number of hydrogen-bond donors (Lipinski definition) is 0. The molecular weight excluding hydrogens is 374 g/mol. The van der Waals surface area contributed by atoms with Crippen LogP contribution in [0.1, 0.15) is 78.2 Å². The summed E-state index contributed by atoms with van der Waals surface area (Å²) in [6.07, 6.45) is 8.34. The standard InChI is InChI=1S/C22H29NO4S/c1-4-5-6-7-8-9-10-17-13-18(11-12-21(17)26-3)27-14-20(25)22-23-19(15-28-22)16(2)24/h11-13,15H,4-10,14H2,1-3H3. The second-order valence-electron chi connectivity index (χ2n) is 6.80. The normalized spacial score (nSPS) is 10.7. The summed E-state index contributed by atoms with van der Waals surface area (Å²) in [6, 6.07) is 5.63. The molecule has 28 heavy (non-hydrogen) atoms. The maximum atomic E-state index is 12.2. The Kier molecular flexibility index (Phi) is 9.14. The number of aryl methyl sites for hydroxylation is 1.